The molecule has 8 nitrogen and oxygen atoms in total. The zero-order chi connectivity index (χ0) is 23.2. The fourth-order valence-electron chi connectivity index (χ4n) is 4.74. The molecule has 0 saturated heterocycles. The lowest BCUT2D eigenvalue weighted by Gasteiger charge is -2.30. The van der Waals surface area contributed by atoms with Crippen molar-refractivity contribution < 1.29 is 4.79 Å². The molecule has 0 spiro atoms. The van der Waals surface area contributed by atoms with Crippen molar-refractivity contribution in [2.45, 2.75) is 57.4 Å². The number of nitrogens with zero attached hydrogens (tertiary/aromatic N) is 4. The highest BCUT2D eigenvalue weighted by atomic mass is 16.2. The second-order valence-corrected chi connectivity index (χ2v) is 9.28. The molecular weight excluding hydrogens is 414 g/mol. The number of carbonyl (C=O) groups is 1. The van der Waals surface area contributed by atoms with Crippen LogP contribution in [-0.2, 0) is 12.8 Å². The van der Waals surface area contributed by atoms with Crippen LogP contribution in [0.2, 0.25) is 0 Å². The third kappa shape index (κ3) is 5.92. The standard InChI is InChI=1S/C25H33N7O/c1-32(2)23-21-5-3-4-6-22(21)30-24(31-23)28-19-13-9-18(10-14-19)16-27-25(33)29-20-11-7-17(15-26)8-12-20/h7-8,11-12,18-19H,3-6,9-10,13-14,16H2,1-2H3,(H2,27,29,33)(H,28,30,31). The lowest BCUT2D eigenvalue weighted by molar-refractivity contribution is 0.246. The summed E-state index contributed by atoms with van der Waals surface area (Å²) in [5.74, 6) is 2.27. The molecule has 1 saturated carbocycles. The number of urea groups is 1. The molecule has 2 aliphatic carbocycles. The van der Waals surface area contributed by atoms with E-state index in [1.807, 2.05) is 0 Å². The van der Waals surface area contributed by atoms with Crippen LogP contribution in [0, 0.1) is 17.2 Å². The minimum atomic E-state index is -0.210. The molecule has 0 unspecified atom stereocenters. The third-order valence-electron chi connectivity index (χ3n) is 6.59. The molecule has 0 radical (unpaired) electrons. The van der Waals surface area contributed by atoms with Crippen LogP contribution in [-0.4, -0.2) is 42.7 Å². The number of rotatable bonds is 6. The molecule has 1 aromatic heterocycles. The second kappa shape index (κ2) is 10.5. The van der Waals surface area contributed by atoms with Crippen molar-refractivity contribution in [1.29, 1.82) is 5.26 Å². The largest absolute Gasteiger partial charge is 0.362 e. The number of nitriles is 1. The van der Waals surface area contributed by atoms with Crippen LogP contribution in [0.4, 0.5) is 22.2 Å². The number of nitrogens with one attached hydrogen (secondary N) is 3. The van der Waals surface area contributed by atoms with Crippen LogP contribution in [0.25, 0.3) is 0 Å². The Morgan fingerprint density at radius 1 is 1.09 bits per heavy atom. The van der Waals surface area contributed by atoms with Gasteiger partial charge in [-0.15, -0.1) is 0 Å². The minimum Gasteiger partial charge on any atom is -0.362 e. The fourth-order valence-corrected chi connectivity index (χ4v) is 4.74. The SMILES string of the molecule is CN(C)c1nc(NC2CCC(CNC(=O)Nc3ccc(C#N)cc3)CC2)nc2c1CCCC2. The number of benzene rings is 1. The topological polar surface area (TPSA) is 106 Å². The number of aromatic nitrogens is 2. The number of carbonyl (C=O) groups excluding carboxylic acids is 1. The average molecular weight is 448 g/mol. The maximum absolute atomic E-state index is 12.2. The molecule has 0 bridgehead atoms. The summed E-state index contributed by atoms with van der Waals surface area (Å²) in [5, 5.41) is 18.2. The molecule has 1 heterocycles. The molecule has 0 atom stereocenters. The number of anilines is 3. The van der Waals surface area contributed by atoms with Gasteiger partial charge < -0.3 is 20.9 Å². The average Bonchev–Trinajstić information content (AvgIpc) is 2.83. The summed E-state index contributed by atoms with van der Waals surface area (Å²) in [4.78, 5) is 24.0. The highest BCUT2D eigenvalue weighted by Gasteiger charge is 2.24. The Bertz CT molecular complexity index is 1000. The van der Waals surface area contributed by atoms with Crippen molar-refractivity contribution in [3.63, 3.8) is 0 Å². The fraction of sp³-hybridized carbons (Fsp3) is 0.520. The van der Waals surface area contributed by atoms with Crippen molar-refractivity contribution >= 4 is 23.5 Å². The van der Waals surface area contributed by atoms with E-state index >= 15 is 0 Å². The van der Waals surface area contributed by atoms with Gasteiger partial charge in [0.15, 0.2) is 0 Å². The molecule has 2 aromatic rings. The number of hydrogen-bond acceptors (Lipinski definition) is 6. The first-order chi connectivity index (χ1) is 16.0. The second-order valence-electron chi connectivity index (χ2n) is 9.28. The summed E-state index contributed by atoms with van der Waals surface area (Å²) in [5.41, 5.74) is 3.77. The van der Waals surface area contributed by atoms with Crippen molar-refractivity contribution in [2.24, 2.45) is 5.92 Å². The molecule has 1 aromatic carbocycles. The van der Waals surface area contributed by atoms with Gasteiger partial charge in [0.05, 0.1) is 17.3 Å². The molecule has 2 amide bonds. The van der Waals surface area contributed by atoms with Crippen LogP contribution < -0.4 is 20.9 Å². The highest BCUT2D eigenvalue weighted by Crippen LogP contribution is 2.30. The minimum absolute atomic E-state index is 0.210. The molecule has 1 fully saturated rings. The molecule has 33 heavy (non-hydrogen) atoms. The van der Waals surface area contributed by atoms with Gasteiger partial charge in [0, 0.05) is 37.9 Å². The molecule has 0 aliphatic heterocycles. The predicted molar refractivity (Wildman–Crippen MR) is 131 cm³/mol. The first kappa shape index (κ1) is 22.8. The molecule has 174 valence electrons. The first-order valence-corrected chi connectivity index (χ1v) is 11.9. The van der Waals surface area contributed by atoms with Gasteiger partial charge >= 0.3 is 6.03 Å². The Morgan fingerprint density at radius 3 is 2.52 bits per heavy atom. The van der Waals surface area contributed by atoms with E-state index in [1.165, 1.54) is 24.1 Å². The first-order valence-electron chi connectivity index (χ1n) is 11.9. The number of fused-ring (bicyclic) bond motifs is 1. The van der Waals surface area contributed by atoms with Gasteiger partial charge in [-0.1, -0.05) is 0 Å². The summed E-state index contributed by atoms with van der Waals surface area (Å²) < 4.78 is 0. The summed E-state index contributed by atoms with van der Waals surface area (Å²) in [6, 6.07) is 9.08. The van der Waals surface area contributed by atoms with E-state index in [0.717, 1.165) is 50.3 Å². The van der Waals surface area contributed by atoms with Gasteiger partial charge in [-0.05, 0) is 81.5 Å². The lowest BCUT2D eigenvalue weighted by Crippen LogP contribution is -2.36. The van der Waals surface area contributed by atoms with E-state index in [4.69, 9.17) is 15.2 Å². The van der Waals surface area contributed by atoms with Gasteiger partial charge in [-0.25, -0.2) is 9.78 Å². The van der Waals surface area contributed by atoms with Crippen LogP contribution in [0.3, 0.4) is 0 Å². The van der Waals surface area contributed by atoms with Crippen molar-refractivity contribution in [2.75, 3.05) is 36.2 Å². The quantitative estimate of drug-likeness (QED) is 0.616. The van der Waals surface area contributed by atoms with Crippen LogP contribution in [0.15, 0.2) is 24.3 Å². The summed E-state index contributed by atoms with van der Waals surface area (Å²) >= 11 is 0. The predicted octanol–water partition coefficient (Wildman–Crippen LogP) is 4.09. The van der Waals surface area contributed by atoms with E-state index in [2.05, 4.69) is 41.0 Å². The summed E-state index contributed by atoms with van der Waals surface area (Å²) in [6.07, 6.45) is 8.72. The van der Waals surface area contributed by atoms with E-state index in [9.17, 15) is 4.79 Å². The van der Waals surface area contributed by atoms with E-state index in [-0.39, 0.29) is 6.03 Å². The monoisotopic (exact) mass is 447 g/mol. The number of hydrogen-bond donors (Lipinski definition) is 3. The Labute approximate surface area is 195 Å². The normalized spacial score (nSPS) is 19.7. The Morgan fingerprint density at radius 2 is 1.82 bits per heavy atom. The van der Waals surface area contributed by atoms with Crippen LogP contribution in [0.1, 0.15) is 55.3 Å². The maximum atomic E-state index is 12.2. The zero-order valence-corrected chi connectivity index (χ0v) is 19.5. The third-order valence-corrected chi connectivity index (χ3v) is 6.59. The lowest BCUT2D eigenvalue weighted by atomic mass is 9.86. The molecular formula is C25H33N7O. The van der Waals surface area contributed by atoms with E-state index < -0.39 is 0 Å². The molecule has 8 heteroatoms. The van der Waals surface area contributed by atoms with Gasteiger partial charge in [0.25, 0.3) is 0 Å². The van der Waals surface area contributed by atoms with Crippen LogP contribution in [0.5, 0.6) is 0 Å². The Balaban J connectivity index is 1.24. The summed E-state index contributed by atoms with van der Waals surface area (Å²) in [7, 11) is 4.10. The smallest absolute Gasteiger partial charge is 0.319 e. The molecule has 2 aliphatic rings. The Kier molecular flexibility index (Phi) is 7.28. The van der Waals surface area contributed by atoms with Gasteiger partial charge in [0.1, 0.15) is 5.82 Å². The van der Waals surface area contributed by atoms with Crippen molar-refractivity contribution in [3.05, 3.63) is 41.1 Å². The van der Waals surface area contributed by atoms with Crippen molar-refractivity contribution in [1.82, 2.24) is 15.3 Å². The summed E-state index contributed by atoms with van der Waals surface area (Å²) in [6.45, 7) is 0.662. The van der Waals surface area contributed by atoms with Crippen LogP contribution >= 0.6 is 0 Å². The molecule has 3 N–H and O–H groups in total. The van der Waals surface area contributed by atoms with E-state index in [0.29, 0.717) is 29.8 Å². The number of aryl methyl sites for hydroxylation is 1. The Hall–Kier alpha value is -3.34. The highest BCUT2D eigenvalue weighted by molar-refractivity contribution is 5.89. The van der Waals surface area contributed by atoms with Crippen molar-refractivity contribution in [3.8, 4) is 6.07 Å². The van der Waals surface area contributed by atoms with Gasteiger partial charge in [0.2, 0.25) is 5.95 Å². The molecule has 4 rings (SSSR count). The maximum Gasteiger partial charge on any atom is 0.319 e. The van der Waals surface area contributed by atoms with E-state index in [1.54, 1.807) is 24.3 Å². The van der Waals surface area contributed by atoms with Gasteiger partial charge in [-0.3, -0.25) is 0 Å². The zero-order valence-electron chi connectivity index (χ0n) is 19.5. The van der Waals surface area contributed by atoms with Gasteiger partial charge in [-0.2, -0.15) is 10.2 Å². The number of amides is 2.